The van der Waals surface area contributed by atoms with E-state index in [9.17, 15) is 9.59 Å². The number of hydrogen-bond donors (Lipinski definition) is 1. The molecule has 1 heterocycles. The molecule has 5 heteroatoms. The van der Waals surface area contributed by atoms with Crippen molar-refractivity contribution in [2.24, 2.45) is 11.8 Å². The van der Waals surface area contributed by atoms with Crippen molar-refractivity contribution in [2.75, 3.05) is 32.8 Å². The summed E-state index contributed by atoms with van der Waals surface area (Å²) in [5.41, 5.74) is 0. The number of unbranched alkanes of at least 4 members (excludes halogenated alkanes) is 1. The fraction of sp³-hybridized carbons (Fsp3) is 0.875. The first-order valence-electron chi connectivity index (χ1n) is 8.36. The molecule has 0 aromatic carbocycles. The van der Waals surface area contributed by atoms with Crippen LogP contribution in [0.4, 0.5) is 0 Å². The molecular formula is C16H28N2O3. The summed E-state index contributed by atoms with van der Waals surface area (Å²) in [6.07, 6.45) is 5.53. The highest BCUT2D eigenvalue weighted by molar-refractivity contribution is 5.81. The van der Waals surface area contributed by atoms with Crippen LogP contribution in [0.3, 0.4) is 0 Å². The van der Waals surface area contributed by atoms with E-state index in [0.717, 1.165) is 58.2 Å². The van der Waals surface area contributed by atoms with Crippen LogP contribution in [0.1, 0.15) is 45.4 Å². The number of morpholine rings is 1. The monoisotopic (exact) mass is 296 g/mol. The minimum absolute atomic E-state index is 0.107. The second-order valence-corrected chi connectivity index (χ2v) is 6.13. The van der Waals surface area contributed by atoms with Crippen molar-refractivity contribution in [3.8, 4) is 0 Å². The van der Waals surface area contributed by atoms with Gasteiger partial charge in [-0.15, -0.1) is 0 Å². The summed E-state index contributed by atoms with van der Waals surface area (Å²) >= 11 is 0. The van der Waals surface area contributed by atoms with E-state index in [0.29, 0.717) is 13.2 Å². The Balaban J connectivity index is 1.72. The molecule has 1 saturated heterocycles. The molecule has 2 amide bonds. The molecule has 2 rings (SSSR count). The van der Waals surface area contributed by atoms with Crippen LogP contribution < -0.4 is 5.32 Å². The van der Waals surface area contributed by atoms with Gasteiger partial charge in [0.1, 0.15) is 0 Å². The summed E-state index contributed by atoms with van der Waals surface area (Å²) in [4.78, 5) is 26.4. The molecule has 0 unspecified atom stereocenters. The Morgan fingerprint density at radius 3 is 2.33 bits per heavy atom. The molecule has 0 bridgehead atoms. The summed E-state index contributed by atoms with van der Waals surface area (Å²) in [6.45, 7) is 5.64. The van der Waals surface area contributed by atoms with Gasteiger partial charge in [0.15, 0.2) is 0 Å². The molecule has 0 atom stereocenters. The maximum absolute atomic E-state index is 12.4. The van der Waals surface area contributed by atoms with Crippen molar-refractivity contribution < 1.29 is 14.3 Å². The smallest absolute Gasteiger partial charge is 0.225 e. The molecule has 0 aromatic rings. The van der Waals surface area contributed by atoms with Crippen molar-refractivity contribution in [1.82, 2.24) is 10.2 Å². The lowest BCUT2D eigenvalue weighted by molar-refractivity contribution is -0.142. The van der Waals surface area contributed by atoms with E-state index in [1.54, 1.807) is 0 Å². The molecule has 120 valence electrons. The topological polar surface area (TPSA) is 58.6 Å². The summed E-state index contributed by atoms with van der Waals surface area (Å²) in [5.74, 6) is 0.669. The molecule has 1 aliphatic carbocycles. The lowest BCUT2D eigenvalue weighted by Gasteiger charge is -2.33. The van der Waals surface area contributed by atoms with Crippen LogP contribution in [0.2, 0.25) is 0 Å². The summed E-state index contributed by atoms with van der Waals surface area (Å²) < 4.78 is 5.29. The lowest BCUT2D eigenvalue weighted by atomic mass is 9.81. The molecule has 5 nitrogen and oxygen atoms in total. The fourth-order valence-corrected chi connectivity index (χ4v) is 3.18. The quantitative estimate of drug-likeness (QED) is 0.783. The van der Waals surface area contributed by atoms with Gasteiger partial charge in [0.25, 0.3) is 0 Å². The minimum Gasteiger partial charge on any atom is -0.378 e. The van der Waals surface area contributed by atoms with Crippen LogP contribution in [0, 0.1) is 11.8 Å². The molecule has 21 heavy (non-hydrogen) atoms. The number of nitrogens with zero attached hydrogens (tertiary/aromatic N) is 1. The molecule has 2 fully saturated rings. The predicted octanol–water partition coefficient (Wildman–Crippen LogP) is 1.57. The summed E-state index contributed by atoms with van der Waals surface area (Å²) in [6, 6.07) is 0. The van der Waals surface area contributed by atoms with Gasteiger partial charge < -0.3 is 15.0 Å². The van der Waals surface area contributed by atoms with Crippen LogP contribution in [0.15, 0.2) is 0 Å². The molecular weight excluding hydrogens is 268 g/mol. The first-order chi connectivity index (χ1) is 10.2. The highest BCUT2D eigenvalue weighted by atomic mass is 16.5. The zero-order chi connectivity index (χ0) is 15.1. The number of carbonyl (C=O) groups is 2. The van der Waals surface area contributed by atoms with Gasteiger partial charge in [0.2, 0.25) is 11.8 Å². The second kappa shape index (κ2) is 8.37. The van der Waals surface area contributed by atoms with Crippen LogP contribution >= 0.6 is 0 Å². The zero-order valence-corrected chi connectivity index (χ0v) is 13.1. The summed E-state index contributed by atoms with van der Waals surface area (Å²) in [7, 11) is 0. The summed E-state index contributed by atoms with van der Waals surface area (Å²) in [5, 5.41) is 3.01. The predicted molar refractivity (Wildman–Crippen MR) is 80.8 cm³/mol. The molecule has 1 aliphatic heterocycles. The van der Waals surface area contributed by atoms with Gasteiger partial charge >= 0.3 is 0 Å². The first-order valence-corrected chi connectivity index (χ1v) is 8.36. The van der Waals surface area contributed by atoms with E-state index in [4.69, 9.17) is 4.74 Å². The Kier molecular flexibility index (Phi) is 6.49. The third-order valence-corrected chi connectivity index (χ3v) is 4.60. The Labute approximate surface area is 127 Å². The number of rotatable bonds is 5. The van der Waals surface area contributed by atoms with Gasteiger partial charge in [-0.1, -0.05) is 13.3 Å². The molecule has 1 saturated carbocycles. The normalized spacial score (nSPS) is 26.4. The van der Waals surface area contributed by atoms with Gasteiger partial charge in [0.05, 0.1) is 13.2 Å². The molecule has 1 N–H and O–H groups in total. The average Bonchev–Trinajstić information content (AvgIpc) is 2.55. The van der Waals surface area contributed by atoms with E-state index in [1.165, 1.54) is 0 Å². The van der Waals surface area contributed by atoms with E-state index < -0.39 is 0 Å². The fourth-order valence-electron chi connectivity index (χ4n) is 3.18. The first kappa shape index (κ1) is 16.3. The molecule has 0 spiro atoms. The SMILES string of the molecule is CCCCNC(=O)C1CCC(C(=O)N2CCOCC2)CC1. The van der Waals surface area contributed by atoms with Crippen molar-refractivity contribution in [2.45, 2.75) is 45.4 Å². The van der Waals surface area contributed by atoms with Crippen LogP contribution in [-0.2, 0) is 14.3 Å². The minimum atomic E-state index is 0.107. The third-order valence-electron chi connectivity index (χ3n) is 4.60. The number of carbonyl (C=O) groups excluding carboxylic acids is 2. The molecule has 0 radical (unpaired) electrons. The number of nitrogens with one attached hydrogen (secondary N) is 1. The number of hydrogen-bond acceptors (Lipinski definition) is 3. The third kappa shape index (κ3) is 4.70. The van der Waals surface area contributed by atoms with E-state index in [2.05, 4.69) is 12.2 Å². The largest absolute Gasteiger partial charge is 0.378 e. The molecule has 2 aliphatic rings. The second-order valence-electron chi connectivity index (χ2n) is 6.13. The van der Waals surface area contributed by atoms with E-state index >= 15 is 0 Å². The standard InChI is InChI=1S/C16H28N2O3/c1-2-3-8-17-15(19)13-4-6-14(7-5-13)16(20)18-9-11-21-12-10-18/h13-14H,2-12H2,1H3,(H,17,19). The van der Waals surface area contributed by atoms with Gasteiger partial charge in [0, 0.05) is 31.5 Å². The van der Waals surface area contributed by atoms with Crippen molar-refractivity contribution >= 4 is 11.8 Å². The Bertz CT molecular complexity index is 345. The Morgan fingerprint density at radius 2 is 1.71 bits per heavy atom. The Morgan fingerprint density at radius 1 is 1.10 bits per heavy atom. The van der Waals surface area contributed by atoms with Gasteiger partial charge in [-0.2, -0.15) is 0 Å². The van der Waals surface area contributed by atoms with Crippen LogP contribution in [0.25, 0.3) is 0 Å². The van der Waals surface area contributed by atoms with E-state index in [-0.39, 0.29) is 23.7 Å². The average molecular weight is 296 g/mol. The van der Waals surface area contributed by atoms with Gasteiger partial charge in [-0.25, -0.2) is 0 Å². The maximum Gasteiger partial charge on any atom is 0.225 e. The highest BCUT2D eigenvalue weighted by Gasteiger charge is 2.32. The zero-order valence-electron chi connectivity index (χ0n) is 13.1. The van der Waals surface area contributed by atoms with Crippen LogP contribution in [-0.4, -0.2) is 49.6 Å². The van der Waals surface area contributed by atoms with Crippen molar-refractivity contribution in [3.63, 3.8) is 0 Å². The molecule has 0 aromatic heterocycles. The highest BCUT2D eigenvalue weighted by Crippen LogP contribution is 2.30. The number of amides is 2. The Hall–Kier alpha value is -1.10. The van der Waals surface area contributed by atoms with Gasteiger partial charge in [-0.05, 0) is 32.1 Å². The number of ether oxygens (including phenoxy) is 1. The van der Waals surface area contributed by atoms with Crippen molar-refractivity contribution in [1.29, 1.82) is 0 Å². The maximum atomic E-state index is 12.4. The lowest BCUT2D eigenvalue weighted by Crippen LogP contribution is -2.45. The van der Waals surface area contributed by atoms with Gasteiger partial charge in [-0.3, -0.25) is 9.59 Å². The van der Waals surface area contributed by atoms with E-state index in [1.807, 2.05) is 4.90 Å². The van der Waals surface area contributed by atoms with Crippen LogP contribution in [0.5, 0.6) is 0 Å². The van der Waals surface area contributed by atoms with Crippen molar-refractivity contribution in [3.05, 3.63) is 0 Å².